The molecular weight excluding hydrogens is 316 g/mol. The first-order valence-corrected chi connectivity index (χ1v) is 7.67. The highest BCUT2D eigenvalue weighted by atomic mass is 32.1. The molecule has 0 radical (unpaired) electrons. The molecule has 3 rings (SSSR count). The van der Waals surface area contributed by atoms with Crippen LogP contribution >= 0.6 is 11.3 Å². The number of hydrogen-bond donors (Lipinski definition) is 1. The molecule has 23 heavy (non-hydrogen) atoms. The van der Waals surface area contributed by atoms with Gasteiger partial charge in [0.25, 0.3) is 5.91 Å². The Kier molecular flexibility index (Phi) is 3.91. The van der Waals surface area contributed by atoms with E-state index in [0.717, 1.165) is 15.8 Å². The first kappa shape index (κ1) is 15.3. The maximum atomic E-state index is 12.3. The van der Waals surface area contributed by atoms with Crippen LogP contribution in [0.2, 0.25) is 0 Å². The van der Waals surface area contributed by atoms with Gasteiger partial charge in [-0.1, -0.05) is 11.3 Å². The van der Waals surface area contributed by atoms with Gasteiger partial charge in [-0.25, -0.2) is 4.98 Å². The maximum Gasteiger partial charge on any atom is 0.278 e. The second kappa shape index (κ2) is 5.88. The Bertz CT molecular complexity index is 843. The van der Waals surface area contributed by atoms with Crippen LogP contribution in [-0.2, 0) is 7.05 Å². The minimum Gasteiger partial charge on any atom is -0.493 e. The van der Waals surface area contributed by atoms with Gasteiger partial charge in [-0.15, -0.1) is 0 Å². The van der Waals surface area contributed by atoms with Crippen LogP contribution < -0.4 is 14.8 Å². The summed E-state index contributed by atoms with van der Waals surface area (Å²) in [5.41, 5.74) is 1.94. The van der Waals surface area contributed by atoms with Crippen molar-refractivity contribution in [2.75, 3.05) is 19.5 Å². The molecule has 2 aromatic heterocycles. The van der Waals surface area contributed by atoms with E-state index in [2.05, 4.69) is 15.4 Å². The van der Waals surface area contributed by atoms with Crippen molar-refractivity contribution in [1.29, 1.82) is 0 Å². The van der Waals surface area contributed by atoms with Crippen molar-refractivity contribution in [2.24, 2.45) is 7.05 Å². The number of rotatable bonds is 4. The zero-order valence-corrected chi connectivity index (χ0v) is 14.0. The number of nitrogens with zero attached hydrogens (tertiary/aromatic N) is 3. The van der Waals surface area contributed by atoms with Crippen LogP contribution in [-0.4, -0.2) is 34.9 Å². The quantitative estimate of drug-likeness (QED) is 0.794. The molecule has 1 aromatic carbocycles. The summed E-state index contributed by atoms with van der Waals surface area (Å²) in [5, 5.41) is 7.45. The van der Waals surface area contributed by atoms with E-state index in [4.69, 9.17) is 9.47 Å². The number of fused-ring (bicyclic) bond motifs is 1. The number of aryl methyl sites for hydroxylation is 2. The molecule has 0 saturated carbocycles. The summed E-state index contributed by atoms with van der Waals surface area (Å²) in [6, 6.07) is 3.62. The molecule has 1 N–H and O–H groups in total. The molecule has 8 heteroatoms. The van der Waals surface area contributed by atoms with Crippen LogP contribution in [0.1, 0.15) is 16.1 Å². The van der Waals surface area contributed by atoms with Crippen LogP contribution in [0.15, 0.2) is 18.3 Å². The number of hydrogen-bond acceptors (Lipinski definition) is 6. The van der Waals surface area contributed by atoms with Gasteiger partial charge in [0.2, 0.25) is 0 Å². The third kappa shape index (κ3) is 2.85. The van der Waals surface area contributed by atoms with Gasteiger partial charge in [0.1, 0.15) is 0 Å². The summed E-state index contributed by atoms with van der Waals surface area (Å²) in [7, 11) is 4.93. The zero-order chi connectivity index (χ0) is 16.6. The lowest BCUT2D eigenvalue weighted by molar-refractivity contribution is 0.102. The topological polar surface area (TPSA) is 78.3 Å². The Balaban J connectivity index is 1.91. The number of aromatic nitrogens is 3. The Hall–Kier alpha value is -2.61. The fraction of sp³-hybridized carbons (Fsp3) is 0.267. The Morgan fingerprint density at radius 1 is 1.26 bits per heavy atom. The van der Waals surface area contributed by atoms with Crippen molar-refractivity contribution in [3.8, 4) is 11.5 Å². The smallest absolute Gasteiger partial charge is 0.278 e. The molecule has 2 heterocycles. The van der Waals surface area contributed by atoms with Gasteiger partial charge in [0.15, 0.2) is 22.3 Å². The highest BCUT2D eigenvalue weighted by molar-refractivity contribution is 7.22. The summed E-state index contributed by atoms with van der Waals surface area (Å²) < 4.78 is 13.0. The van der Waals surface area contributed by atoms with E-state index in [9.17, 15) is 4.79 Å². The predicted molar refractivity (Wildman–Crippen MR) is 88.6 cm³/mol. The summed E-state index contributed by atoms with van der Waals surface area (Å²) >= 11 is 1.37. The van der Waals surface area contributed by atoms with Crippen molar-refractivity contribution in [3.05, 3.63) is 29.6 Å². The molecule has 3 aromatic rings. The van der Waals surface area contributed by atoms with E-state index >= 15 is 0 Å². The van der Waals surface area contributed by atoms with E-state index in [1.165, 1.54) is 11.3 Å². The van der Waals surface area contributed by atoms with E-state index < -0.39 is 0 Å². The highest BCUT2D eigenvalue weighted by Gasteiger charge is 2.16. The van der Waals surface area contributed by atoms with Crippen LogP contribution in [0.3, 0.4) is 0 Å². The van der Waals surface area contributed by atoms with E-state index in [1.807, 2.05) is 13.0 Å². The molecule has 0 spiro atoms. The summed E-state index contributed by atoms with van der Waals surface area (Å²) in [6.07, 6.45) is 1.79. The standard InChI is InChI=1S/C15H16N4O3S/c1-8-7-19(2)18-13(8)14(20)17-15-16-9-5-10(21-3)11(22-4)6-12(9)23-15/h5-7H,1-4H3,(H,16,17,20). The number of carbonyl (C=O) groups excluding carboxylic acids is 1. The van der Waals surface area contributed by atoms with Gasteiger partial charge >= 0.3 is 0 Å². The number of nitrogens with one attached hydrogen (secondary N) is 1. The largest absolute Gasteiger partial charge is 0.493 e. The third-order valence-electron chi connectivity index (χ3n) is 3.34. The average Bonchev–Trinajstić information content (AvgIpc) is 3.06. The molecule has 0 atom stereocenters. The summed E-state index contributed by atoms with van der Waals surface area (Å²) in [5.74, 6) is 0.951. The molecule has 0 aliphatic heterocycles. The van der Waals surface area contributed by atoms with Crippen LogP contribution in [0.4, 0.5) is 5.13 Å². The van der Waals surface area contributed by atoms with E-state index in [1.54, 1.807) is 38.2 Å². The molecule has 0 fully saturated rings. The van der Waals surface area contributed by atoms with E-state index in [0.29, 0.717) is 22.3 Å². The lowest BCUT2D eigenvalue weighted by atomic mass is 10.3. The van der Waals surface area contributed by atoms with Crippen molar-refractivity contribution in [2.45, 2.75) is 6.92 Å². The molecule has 0 aliphatic carbocycles. The Morgan fingerprint density at radius 3 is 2.57 bits per heavy atom. The molecule has 7 nitrogen and oxygen atoms in total. The lowest BCUT2D eigenvalue weighted by Gasteiger charge is -2.05. The van der Waals surface area contributed by atoms with Gasteiger partial charge in [0.05, 0.1) is 24.4 Å². The first-order chi connectivity index (χ1) is 11.0. The minimum absolute atomic E-state index is 0.277. The molecular formula is C15H16N4O3S. The number of anilines is 1. The number of ether oxygens (including phenoxy) is 2. The van der Waals surface area contributed by atoms with Gasteiger partial charge < -0.3 is 9.47 Å². The van der Waals surface area contributed by atoms with Crippen molar-refractivity contribution in [1.82, 2.24) is 14.8 Å². The minimum atomic E-state index is -0.277. The third-order valence-corrected chi connectivity index (χ3v) is 4.27. The number of carbonyl (C=O) groups is 1. The van der Waals surface area contributed by atoms with Gasteiger partial charge in [-0.2, -0.15) is 5.10 Å². The maximum absolute atomic E-state index is 12.3. The van der Waals surface area contributed by atoms with Crippen LogP contribution in [0, 0.1) is 6.92 Å². The fourth-order valence-electron chi connectivity index (χ4n) is 2.30. The monoisotopic (exact) mass is 332 g/mol. The van der Waals surface area contributed by atoms with Crippen LogP contribution in [0.25, 0.3) is 10.2 Å². The first-order valence-electron chi connectivity index (χ1n) is 6.86. The van der Waals surface area contributed by atoms with Crippen molar-refractivity contribution >= 4 is 32.6 Å². The number of amides is 1. The van der Waals surface area contributed by atoms with Crippen molar-refractivity contribution in [3.63, 3.8) is 0 Å². The number of benzene rings is 1. The van der Waals surface area contributed by atoms with E-state index in [-0.39, 0.29) is 5.91 Å². The van der Waals surface area contributed by atoms with Crippen molar-refractivity contribution < 1.29 is 14.3 Å². The van der Waals surface area contributed by atoms with Gasteiger partial charge in [0, 0.05) is 30.9 Å². The molecule has 0 bridgehead atoms. The molecule has 0 unspecified atom stereocenters. The Labute approximate surface area is 136 Å². The summed E-state index contributed by atoms with van der Waals surface area (Å²) in [4.78, 5) is 16.7. The molecule has 120 valence electrons. The van der Waals surface area contributed by atoms with Crippen LogP contribution in [0.5, 0.6) is 11.5 Å². The second-order valence-electron chi connectivity index (χ2n) is 4.98. The normalized spacial score (nSPS) is 10.8. The molecule has 1 amide bonds. The van der Waals surface area contributed by atoms with Gasteiger partial charge in [-0.05, 0) is 6.92 Å². The Morgan fingerprint density at radius 2 is 1.96 bits per heavy atom. The second-order valence-corrected chi connectivity index (χ2v) is 6.01. The fourth-order valence-corrected chi connectivity index (χ4v) is 3.17. The van der Waals surface area contributed by atoms with Gasteiger partial charge in [-0.3, -0.25) is 14.8 Å². The summed E-state index contributed by atoms with van der Waals surface area (Å²) in [6.45, 7) is 1.84. The molecule has 0 aliphatic rings. The highest BCUT2D eigenvalue weighted by Crippen LogP contribution is 2.36. The number of methoxy groups -OCH3 is 2. The SMILES string of the molecule is COc1cc2nc(NC(=O)c3nn(C)cc3C)sc2cc1OC. The molecule has 0 saturated heterocycles. The number of thiazole rings is 1. The predicted octanol–water partition coefficient (Wildman–Crippen LogP) is 2.61. The lowest BCUT2D eigenvalue weighted by Crippen LogP contribution is -2.13. The zero-order valence-electron chi connectivity index (χ0n) is 13.2. The average molecular weight is 332 g/mol.